The summed E-state index contributed by atoms with van der Waals surface area (Å²) < 4.78 is 0. The lowest BCUT2D eigenvalue weighted by molar-refractivity contribution is -0.129. The molecule has 0 amide bonds. The zero-order valence-corrected chi connectivity index (χ0v) is 13.2. The number of nitrogens with two attached hydrogens (primary N) is 1. The molecule has 0 aromatic heterocycles. The van der Waals surface area contributed by atoms with Gasteiger partial charge in [0.05, 0.1) is 5.70 Å². The van der Waals surface area contributed by atoms with Crippen LogP contribution in [-0.4, -0.2) is 11.6 Å². The van der Waals surface area contributed by atoms with Crippen molar-refractivity contribution in [2.24, 2.45) is 5.73 Å². The average Bonchev–Trinajstić information content (AvgIpc) is 2.62. The van der Waals surface area contributed by atoms with E-state index in [0.717, 1.165) is 21.5 Å². The van der Waals surface area contributed by atoms with Gasteiger partial charge in [-0.25, -0.2) is 0 Å². The first-order valence-electron chi connectivity index (χ1n) is 8.07. The van der Waals surface area contributed by atoms with Crippen molar-refractivity contribution < 1.29 is 9.59 Å². The van der Waals surface area contributed by atoms with Crippen LogP contribution in [0.3, 0.4) is 0 Å². The maximum atomic E-state index is 11.8. The highest BCUT2D eigenvalue weighted by Gasteiger charge is 2.19. The van der Waals surface area contributed by atoms with Crippen molar-refractivity contribution >= 4 is 55.7 Å². The van der Waals surface area contributed by atoms with Crippen LogP contribution in [0.5, 0.6) is 0 Å². The van der Waals surface area contributed by atoms with Crippen LogP contribution in [0.4, 0.5) is 0 Å². The van der Waals surface area contributed by atoms with E-state index in [2.05, 4.69) is 36.4 Å². The number of hydrogen-bond donors (Lipinski definition) is 1. The van der Waals surface area contributed by atoms with Crippen LogP contribution in [0, 0.1) is 0 Å². The summed E-state index contributed by atoms with van der Waals surface area (Å²) in [5.74, 6) is -1.19. The Hall–Kier alpha value is -3.46. The second-order valence-corrected chi connectivity index (χ2v) is 6.44. The lowest BCUT2D eigenvalue weighted by Crippen LogP contribution is -2.40. The molecule has 25 heavy (non-hydrogen) atoms. The van der Waals surface area contributed by atoms with Crippen LogP contribution < -0.4 is 16.2 Å². The molecule has 0 atom stereocenters. The number of benzene rings is 4. The number of fused-ring (bicyclic) bond motifs is 4. The van der Waals surface area contributed by atoms with Gasteiger partial charge < -0.3 is 5.73 Å². The molecule has 3 nitrogen and oxygen atoms in total. The lowest BCUT2D eigenvalue weighted by atomic mass is 9.96. The summed E-state index contributed by atoms with van der Waals surface area (Å²) in [6, 6.07) is 20.6. The molecule has 4 aromatic carbocycles. The van der Waals surface area contributed by atoms with Crippen LogP contribution in [0.1, 0.15) is 0 Å². The highest BCUT2D eigenvalue weighted by atomic mass is 16.2. The Morgan fingerprint density at radius 2 is 1.16 bits per heavy atom. The summed E-state index contributed by atoms with van der Waals surface area (Å²) in [6.07, 6.45) is 1.37. The second-order valence-electron chi connectivity index (χ2n) is 6.44. The van der Waals surface area contributed by atoms with Gasteiger partial charge in [-0.15, -0.1) is 0 Å². The third kappa shape index (κ3) is 1.99. The first-order chi connectivity index (χ1) is 12.1. The zero-order chi connectivity index (χ0) is 17.1. The van der Waals surface area contributed by atoms with Crippen molar-refractivity contribution in [3.8, 4) is 0 Å². The predicted octanol–water partition coefficient (Wildman–Crippen LogP) is 2.15. The molecular weight excluding hydrogens is 310 g/mol. The fourth-order valence-corrected chi connectivity index (χ4v) is 3.58. The quantitative estimate of drug-likeness (QED) is 0.398. The van der Waals surface area contributed by atoms with Gasteiger partial charge in [-0.1, -0.05) is 24.3 Å². The van der Waals surface area contributed by atoms with E-state index in [1.165, 1.54) is 16.8 Å². The first-order valence-corrected chi connectivity index (χ1v) is 8.07. The number of ketones is 2. The van der Waals surface area contributed by atoms with Gasteiger partial charge >= 0.3 is 0 Å². The molecule has 2 N–H and O–H groups in total. The molecule has 0 aliphatic heterocycles. The van der Waals surface area contributed by atoms with Crippen LogP contribution in [-0.2, 0) is 9.59 Å². The number of carbonyl (C=O) groups is 2. The van der Waals surface area contributed by atoms with Gasteiger partial charge in [-0.2, -0.15) is 0 Å². The highest BCUT2D eigenvalue weighted by molar-refractivity contribution is 6.60. The van der Waals surface area contributed by atoms with Crippen molar-refractivity contribution in [3.05, 3.63) is 71.1 Å². The van der Waals surface area contributed by atoms with Crippen LogP contribution in [0.25, 0.3) is 44.1 Å². The summed E-state index contributed by atoms with van der Waals surface area (Å²) >= 11 is 0. The van der Waals surface area contributed by atoms with Crippen molar-refractivity contribution in [1.29, 1.82) is 0 Å². The summed E-state index contributed by atoms with van der Waals surface area (Å²) in [6.45, 7) is 0. The Morgan fingerprint density at radius 1 is 0.640 bits per heavy atom. The van der Waals surface area contributed by atoms with E-state index >= 15 is 0 Å². The maximum Gasteiger partial charge on any atom is 0.249 e. The monoisotopic (exact) mass is 323 g/mol. The predicted molar refractivity (Wildman–Crippen MR) is 100 cm³/mol. The second kappa shape index (κ2) is 4.77. The minimum absolute atomic E-state index is 0.0306. The van der Waals surface area contributed by atoms with Gasteiger partial charge in [0.15, 0.2) is 0 Å². The van der Waals surface area contributed by atoms with Crippen LogP contribution in [0.15, 0.2) is 60.7 Å². The molecule has 0 heterocycles. The molecule has 0 saturated carbocycles. The number of Topliss-reactive ketones (excluding diaryl/α,β-unsaturated/α-hetero) is 2. The van der Waals surface area contributed by atoms with Gasteiger partial charge in [0.2, 0.25) is 11.6 Å². The molecule has 4 aromatic rings. The fraction of sp³-hybridized carbons (Fsp3) is 0. The molecule has 0 bridgehead atoms. The fourth-order valence-electron chi connectivity index (χ4n) is 3.58. The summed E-state index contributed by atoms with van der Waals surface area (Å²) in [5, 5.41) is 8.01. The van der Waals surface area contributed by atoms with E-state index in [-0.39, 0.29) is 5.70 Å². The molecule has 0 fully saturated rings. The Balaban J connectivity index is 1.93. The Kier molecular flexibility index (Phi) is 2.66. The van der Waals surface area contributed by atoms with Gasteiger partial charge in [-0.05, 0) is 80.0 Å². The van der Waals surface area contributed by atoms with E-state index in [0.29, 0.717) is 10.4 Å². The molecule has 3 heteroatoms. The topological polar surface area (TPSA) is 60.2 Å². The number of rotatable bonds is 0. The van der Waals surface area contributed by atoms with Gasteiger partial charge in [0, 0.05) is 5.22 Å². The smallest absolute Gasteiger partial charge is 0.249 e. The summed E-state index contributed by atoms with van der Waals surface area (Å²) in [4.78, 5) is 23.6. The summed E-state index contributed by atoms with van der Waals surface area (Å²) in [5.41, 5.74) is 5.92. The Labute approximate surface area is 142 Å². The summed E-state index contributed by atoms with van der Waals surface area (Å²) in [7, 11) is 0. The number of hydrogen-bond acceptors (Lipinski definition) is 3. The van der Waals surface area contributed by atoms with Crippen LogP contribution >= 0.6 is 0 Å². The number of carbonyl (C=O) groups excluding carboxylic acids is 2. The van der Waals surface area contributed by atoms with Crippen LogP contribution in [0.2, 0.25) is 0 Å². The normalized spacial score (nSPS) is 14.2. The third-order valence-electron chi connectivity index (χ3n) is 4.87. The van der Waals surface area contributed by atoms with Gasteiger partial charge in [0.1, 0.15) is 0 Å². The van der Waals surface area contributed by atoms with Crippen molar-refractivity contribution in [2.45, 2.75) is 0 Å². The average molecular weight is 323 g/mol. The van der Waals surface area contributed by atoms with Crippen molar-refractivity contribution in [1.82, 2.24) is 0 Å². The molecule has 118 valence electrons. The highest BCUT2D eigenvalue weighted by Crippen LogP contribution is 2.26. The lowest BCUT2D eigenvalue weighted by Gasteiger charge is -2.08. The SMILES string of the molecule is NC1=c2cc3cc4cc5ccccc5cc4cc3cc2=CC(=O)C1=O. The van der Waals surface area contributed by atoms with Crippen molar-refractivity contribution in [3.63, 3.8) is 0 Å². The molecule has 0 saturated heterocycles. The van der Waals surface area contributed by atoms with E-state index in [1.54, 1.807) is 0 Å². The van der Waals surface area contributed by atoms with E-state index in [1.807, 2.05) is 24.3 Å². The third-order valence-corrected chi connectivity index (χ3v) is 4.87. The molecule has 0 spiro atoms. The van der Waals surface area contributed by atoms with Gasteiger partial charge in [-0.3, -0.25) is 9.59 Å². The zero-order valence-electron chi connectivity index (χ0n) is 13.2. The standard InChI is InChI=1S/C22H13NO2/c23-21-19-10-17-8-15-6-13-4-2-1-3-12(13)5-14(15)7-16(17)9-18(19)11-20(24)22(21)25/h1-11H,23H2. The Morgan fingerprint density at radius 3 is 1.80 bits per heavy atom. The largest absolute Gasteiger partial charge is 0.395 e. The Bertz CT molecular complexity index is 1380. The van der Waals surface area contributed by atoms with Gasteiger partial charge in [0.25, 0.3) is 0 Å². The molecular formula is C22H13NO2. The molecule has 1 aliphatic rings. The maximum absolute atomic E-state index is 11.8. The van der Waals surface area contributed by atoms with E-state index < -0.39 is 11.6 Å². The van der Waals surface area contributed by atoms with E-state index in [4.69, 9.17) is 5.73 Å². The minimum Gasteiger partial charge on any atom is -0.395 e. The minimum atomic E-state index is -0.626. The molecule has 0 radical (unpaired) electrons. The first kappa shape index (κ1) is 13.9. The molecule has 5 rings (SSSR count). The van der Waals surface area contributed by atoms with E-state index in [9.17, 15) is 9.59 Å². The molecule has 1 aliphatic carbocycles. The van der Waals surface area contributed by atoms with Crippen molar-refractivity contribution in [2.75, 3.05) is 0 Å². The molecule has 0 unspecified atom stereocenters.